The van der Waals surface area contributed by atoms with Crippen LogP contribution in [0.4, 0.5) is 5.69 Å². The maximum absolute atomic E-state index is 11.8. The Kier molecular flexibility index (Phi) is 3.84. The van der Waals surface area contributed by atoms with Crippen molar-refractivity contribution in [2.24, 2.45) is 5.10 Å². The highest BCUT2D eigenvalue weighted by molar-refractivity contribution is 5.84. The van der Waals surface area contributed by atoms with Crippen LogP contribution in [0.1, 0.15) is 16.8 Å². The minimum atomic E-state index is -0.569. The topological polar surface area (TPSA) is 97.7 Å². The first-order chi connectivity index (χ1) is 9.88. The molecule has 108 valence electrons. The van der Waals surface area contributed by atoms with Crippen molar-refractivity contribution >= 4 is 11.9 Å². The summed E-state index contributed by atoms with van der Waals surface area (Å²) in [5.41, 5.74) is 1.13. The molecule has 7 nitrogen and oxygen atoms in total. The zero-order valence-corrected chi connectivity index (χ0v) is 11.5. The van der Waals surface area contributed by atoms with Gasteiger partial charge in [0.15, 0.2) is 0 Å². The van der Waals surface area contributed by atoms with Gasteiger partial charge in [0.25, 0.3) is 11.2 Å². The van der Waals surface area contributed by atoms with Gasteiger partial charge in [0.05, 0.1) is 11.1 Å². The Labute approximate surface area is 119 Å². The van der Waals surface area contributed by atoms with Crippen LogP contribution in [-0.4, -0.2) is 20.9 Å². The molecular formula is C14H13N3O4. The number of rotatable bonds is 3. The van der Waals surface area contributed by atoms with Crippen molar-refractivity contribution in [3.8, 4) is 5.75 Å². The molecule has 0 spiro atoms. The van der Waals surface area contributed by atoms with Gasteiger partial charge in [0, 0.05) is 29.5 Å². The smallest absolute Gasteiger partial charge is 0.271 e. The van der Waals surface area contributed by atoms with Gasteiger partial charge < -0.3 is 5.11 Å². The lowest BCUT2D eigenvalue weighted by molar-refractivity contribution is -0.384. The Bertz CT molecular complexity index is 793. The van der Waals surface area contributed by atoms with E-state index >= 15 is 0 Å². The van der Waals surface area contributed by atoms with Crippen molar-refractivity contribution in [2.45, 2.75) is 13.8 Å². The maximum Gasteiger partial charge on any atom is 0.271 e. The molecule has 0 atom stereocenters. The highest BCUT2D eigenvalue weighted by atomic mass is 16.6. The Balaban J connectivity index is 2.45. The summed E-state index contributed by atoms with van der Waals surface area (Å²) in [5, 5.41) is 24.4. The fourth-order valence-corrected chi connectivity index (χ4v) is 1.89. The molecule has 1 N–H and O–H groups in total. The zero-order valence-electron chi connectivity index (χ0n) is 11.5. The van der Waals surface area contributed by atoms with E-state index in [4.69, 9.17) is 0 Å². The van der Waals surface area contributed by atoms with E-state index < -0.39 is 4.92 Å². The van der Waals surface area contributed by atoms with Gasteiger partial charge in [-0.15, -0.1) is 0 Å². The number of pyridine rings is 1. The minimum absolute atomic E-state index is 0.151. The number of nitro groups is 1. The van der Waals surface area contributed by atoms with Gasteiger partial charge in [-0.1, -0.05) is 0 Å². The lowest BCUT2D eigenvalue weighted by atomic mass is 10.2. The quantitative estimate of drug-likeness (QED) is 0.530. The van der Waals surface area contributed by atoms with Gasteiger partial charge in [-0.05, 0) is 31.5 Å². The maximum atomic E-state index is 11.8. The number of aryl methyl sites for hydroxylation is 2. The van der Waals surface area contributed by atoms with E-state index in [2.05, 4.69) is 5.10 Å². The van der Waals surface area contributed by atoms with E-state index in [0.29, 0.717) is 5.69 Å². The Morgan fingerprint density at radius 1 is 1.29 bits per heavy atom. The largest absolute Gasteiger partial charge is 0.507 e. The summed E-state index contributed by atoms with van der Waals surface area (Å²) < 4.78 is 1.16. The molecule has 1 heterocycles. The van der Waals surface area contributed by atoms with Crippen LogP contribution in [-0.2, 0) is 0 Å². The van der Waals surface area contributed by atoms with Gasteiger partial charge in [-0.3, -0.25) is 14.9 Å². The summed E-state index contributed by atoms with van der Waals surface area (Å²) in [4.78, 5) is 22.0. The highest BCUT2D eigenvalue weighted by Crippen LogP contribution is 2.21. The van der Waals surface area contributed by atoms with Crippen LogP contribution < -0.4 is 5.56 Å². The van der Waals surface area contributed by atoms with Crippen LogP contribution in [0.3, 0.4) is 0 Å². The molecule has 0 aliphatic rings. The Hall–Kier alpha value is -2.96. The summed E-state index contributed by atoms with van der Waals surface area (Å²) in [6, 6.07) is 6.80. The minimum Gasteiger partial charge on any atom is -0.507 e. The molecule has 2 rings (SSSR count). The highest BCUT2D eigenvalue weighted by Gasteiger charge is 2.09. The lowest BCUT2D eigenvalue weighted by Gasteiger charge is -2.04. The second-order valence-electron chi connectivity index (χ2n) is 4.57. The van der Waals surface area contributed by atoms with Gasteiger partial charge in [-0.25, -0.2) is 4.68 Å². The number of benzene rings is 1. The number of nitrogens with zero attached hydrogens (tertiary/aromatic N) is 3. The molecule has 0 amide bonds. The standard InChI is InChI=1S/C14H13N3O4/c1-9-5-10(2)16(14(19)6-9)15-8-11-7-12(17(20)21)3-4-13(11)18/h3-8,18H,1-2H3/b15-8-. The Morgan fingerprint density at radius 3 is 2.62 bits per heavy atom. The fraction of sp³-hybridized carbons (Fsp3) is 0.143. The normalized spacial score (nSPS) is 11.0. The van der Waals surface area contributed by atoms with Gasteiger partial charge in [0.1, 0.15) is 5.75 Å². The molecule has 0 saturated carbocycles. The van der Waals surface area contributed by atoms with Gasteiger partial charge in [0.2, 0.25) is 0 Å². The SMILES string of the molecule is Cc1cc(C)n(/N=C\c2cc([N+](=O)[O-])ccc2O)c(=O)c1. The average Bonchev–Trinajstić information content (AvgIpc) is 2.39. The first-order valence-electron chi connectivity index (χ1n) is 6.10. The molecule has 1 aromatic heterocycles. The lowest BCUT2D eigenvalue weighted by Crippen LogP contribution is -2.18. The van der Waals surface area contributed by atoms with Crippen molar-refractivity contribution in [3.05, 3.63) is 67.6 Å². The zero-order chi connectivity index (χ0) is 15.6. The van der Waals surface area contributed by atoms with Gasteiger partial charge in [-0.2, -0.15) is 5.10 Å². The Morgan fingerprint density at radius 2 is 2.00 bits per heavy atom. The van der Waals surface area contributed by atoms with Gasteiger partial charge >= 0.3 is 0 Å². The van der Waals surface area contributed by atoms with Crippen LogP contribution in [0.15, 0.2) is 40.2 Å². The third-order valence-corrected chi connectivity index (χ3v) is 2.86. The van der Waals surface area contributed by atoms with Crippen LogP contribution >= 0.6 is 0 Å². The van der Waals surface area contributed by atoms with Crippen molar-refractivity contribution in [2.75, 3.05) is 0 Å². The summed E-state index contributed by atoms with van der Waals surface area (Å²) in [5.74, 6) is -0.151. The first kappa shape index (κ1) is 14.4. The molecule has 0 fully saturated rings. The summed E-state index contributed by atoms with van der Waals surface area (Å²) in [6.07, 6.45) is 1.21. The molecule has 0 saturated heterocycles. The molecule has 7 heteroatoms. The summed E-state index contributed by atoms with van der Waals surface area (Å²) in [6.45, 7) is 3.52. The first-order valence-corrected chi connectivity index (χ1v) is 6.10. The molecule has 21 heavy (non-hydrogen) atoms. The number of aromatic hydroxyl groups is 1. The summed E-state index contributed by atoms with van der Waals surface area (Å²) >= 11 is 0. The second kappa shape index (κ2) is 5.58. The number of nitro benzene ring substituents is 1. The molecule has 0 aliphatic carbocycles. The van der Waals surface area contributed by atoms with E-state index in [0.717, 1.165) is 10.2 Å². The molecule has 2 aromatic rings. The molecule has 0 aliphatic heterocycles. The van der Waals surface area contributed by atoms with Crippen LogP contribution in [0, 0.1) is 24.0 Å². The number of hydrogen-bond donors (Lipinski definition) is 1. The number of aromatic nitrogens is 1. The number of hydrogen-bond acceptors (Lipinski definition) is 5. The molecule has 0 radical (unpaired) electrons. The molecular weight excluding hydrogens is 274 g/mol. The van der Waals surface area contributed by atoms with E-state index in [9.17, 15) is 20.0 Å². The molecule has 0 bridgehead atoms. The van der Waals surface area contributed by atoms with Crippen LogP contribution in [0.25, 0.3) is 0 Å². The van der Waals surface area contributed by atoms with Crippen LogP contribution in [0.2, 0.25) is 0 Å². The average molecular weight is 287 g/mol. The van der Waals surface area contributed by atoms with E-state index in [1.807, 2.05) is 0 Å². The van der Waals surface area contributed by atoms with Crippen molar-refractivity contribution in [1.29, 1.82) is 0 Å². The van der Waals surface area contributed by atoms with Crippen LogP contribution in [0.5, 0.6) is 5.75 Å². The van der Waals surface area contributed by atoms with E-state index in [1.54, 1.807) is 19.9 Å². The number of phenols is 1. The van der Waals surface area contributed by atoms with E-state index in [1.165, 1.54) is 30.5 Å². The fourth-order valence-electron chi connectivity index (χ4n) is 1.89. The number of non-ortho nitro benzene ring substituents is 1. The van der Waals surface area contributed by atoms with Crippen molar-refractivity contribution < 1.29 is 10.0 Å². The predicted octanol–water partition coefficient (Wildman–Crippen LogP) is 1.96. The van der Waals surface area contributed by atoms with Crippen molar-refractivity contribution in [3.63, 3.8) is 0 Å². The van der Waals surface area contributed by atoms with E-state index in [-0.39, 0.29) is 22.6 Å². The monoisotopic (exact) mass is 287 g/mol. The second-order valence-corrected chi connectivity index (χ2v) is 4.57. The molecule has 1 aromatic carbocycles. The number of phenolic OH excluding ortho intramolecular Hbond substituents is 1. The third kappa shape index (κ3) is 3.14. The van der Waals surface area contributed by atoms with Crippen molar-refractivity contribution in [1.82, 2.24) is 4.68 Å². The summed E-state index contributed by atoms with van der Waals surface area (Å²) in [7, 11) is 0. The predicted molar refractivity (Wildman–Crippen MR) is 77.9 cm³/mol. The third-order valence-electron chi connectivity index (χ3n) is 2.86. The molecule has 0 unspecified atom stereocenters.